The summed E-state index contributed by atoms with van der Waals surface area (Å²) < 4.78 is 70.2. The summed E-state index contributed by atoms with van der Waals surface area (Å²) in [6.45, 7) is 3.03. The van der Waals surface area contributed by atoms with Crippen LogP contribution in [0.2, 0.25) is 0 Å². The number of halogens is 3. The van der Waals surface area contributed by atoms with E-state index >= 15 is 0 Å². The van der Waals surface area contributed by atoms with E-state index in [2.05, 4.69) is 10.0 Å². The number of rotatable bonds is 6. The number of aryl methyl sites for hydroxylation is 1. The van der Waals surface area contributed by atoms with Crippen molar-refractivity contribution in [2.75, 3.05) is 12.4 Å². The van der Waals surface area contributed by atoms with Gasteiger partial charge in [-0.25, -0.2) is 8.42 Å². The first-order chi connectivity index (χ1) is 12.9. The fourth-order valence-corrected chi connectivity index (χ4v) is 3.79. The standard InChI is InChI=1S/C18H19F3N2O4S/c1-11-4-9-15(27-3)16(10-11)28(25,26)23-12(2)17(24)22-14-7-5-13(6-8-14)18(19,20)21/h4-10,12,23H,1-3H3,(H,22,24)/t12-/m0/s1. The highest BCUT2D eigenvalue weighted by Gasteiger charge is 2.30. The minimum Gasteiger partial charge on any atom is -0.495 e. The van der Waals surface area contributed by atoms with Crippen LogP contribution >= 0.6 is 0 Å². The Morgan fingerprint density at radius 2 is 1.71 bits per heavy atom. The Morgan fingerprint density at radius 1 is 1.11 bits per heavy atom. The van der Waals surface area contributed by atoms with E-state index in [1.54, 1.807) is 13.0 Å². The van der Waals surface area contributed by atoms with Crippen molar-refractivity contribution in [1.29, 1.82) is 0 Å². The topological polar surface area (TPSA) is 84.5 Å². The number of anilines is 1. The van der Waals surface area contributed by atoms with Crippen LogP contribution in [0.4, 0.5) is 18.9 Å². The lowest BCUT2D eigenvalue weighted by Crippen LogP contribution is -2.41. The number of carbonyl (C=O) groups is 1. The molecule has 6 nitrogen and oxygen atoms in total. The normalized spacial score (nSPS) is 13.1. The van der Waals surface area contributed by atoms with Gasteiger partial charge in [0.1, 0.15) is 10.6 Å². The molecule has 1 amide bonds. The number of hydrogen-bond acceptors (Lipinski definition) is 4. The molecule has 0 bridgehead atoms. The maximum atomic E-state index is 12.6. The fraction of sp³-hybridized carbons (Fsp3) is 0.278. The number of benzene rings is 2. The highest BCUT2D eigenvalue weighted by Crippen LogP contribution is 2.30. The maximum absolute atomic E-state index is 12.6. The first kappa shape index (κ1) is 21.7. The number of nitrogens with one attached hydrogen (secondary N) is 2. The molecule has 1 atom stereocenters. The summed E-state index contributed by atoms with van der Waals surface area (Å²) in [6, 6.07) is 7.22. The Hall–Kier alpha value is -2.59. The van der Waals surface area contributed by atoms with E-state index in [4.69, 9.17) is 4.74 Å². The van der Waals surface area contributed by atoms with Crippen LogP contribution in [0.5, 0.6) is 5.75 Å². The summed E-state index contributed by atoms with van der Waals surface area (Å²) in [5, 5.41) is 2.37. The van der Waals surface area contributed by atoms with E-state index in [1.165, 1.54) is 26.2 Å². The van der Waals surface area contributed by atoms with Gasteiger partial charge in [0.25, 0.3) is 0 Å². The largest absolute Gasteiger partial charge is 0.495 e. The molecule has 0 aromatic heterocycles. The molecular weight excluding hydrogens is 397 g/mol. The van der Waals surface area contributed by atoms with Crippen LogP contribution < -0.4 is 14.8 Å². The lowest BCUT2D eigenvalue weighted by Gasteiger charge is -2.16. The van der Waals surface area contributed by atoms with Gasteiger partial charge in [-0.15, -0.1) is 0 Å². The van der Waals surface area contributed by atoms with Gasteiger partial charge >= 0.3 is 6.18 Å². The van der Waals surface area contributed by atoms with Gasteiger partial charge in [-0.3, -0.25) is 4.79 Å². The Balaban J connectivity index is 2.12. The molecule has 2 N–H and O–H groups in total. The summed E-state index contributed by atoms with van der Waals surface area (Å²) in [7, 11) is -2.75. The molecule has 10 heteroatoms. The SMILES string of the molecule is COc1ccc(C)cc1S(=O)(=O)N[C@@H](C)C(=O)Nc1ccc(C(F)(F)F)cc1. The third-order valence-corrected chi connectivity index (χ3v) is 5.38. The van der Waals surface area contributed by atoms with E-state index in [0.717, 1.165) is 24.3 Å². The van der Waals surface area contributed by atoms with Gasteiger partial charge < -0.3 is 10.1 Å². The molecule has 28 heavy (non-hydrogen) atoms. The van der Waals surface area contributed by atoms with E-state index in [0.29, 0.717) is 5.56 Å². The predicted octanol–water partition coefficient (Wildman–Crippen LogP) is 3.33. The Kier molecular flexibility index (Phi) is 6.35. The highest BCUT2D eigenvalue weighted by atomic mass is 32.2. The van der Waals surface area contributed by atoms with Crippen LogP contribution in [0.25, 0.3) is 0 Å². The molecule has 0 fully saturated rings. The first-order valence-electron chi connectivity index (χ1n) is 8.09. The molecule has 0 saturated heterocycles. The second-order valence-corrected chi connectivity index (χ2v) is 7.74. The summed E-state index contributed by atoms with van der Waals surface area (Å²) in [5.41, 5.74) is -0.0639. The number of hydrogen-bond donors (Lipinski definition) is 2. The van der Waals surface area contributed by atoms with Crippen molar-refractivity contribution in [2.45, 2.75) is 31.0 Å². The van der Waals surface area contributed by atoms with E-state index < -0.39 is 33.7 Å². The predicted molar refractivity (Wildman–Crippen MR) is 97.6 cm³/mol. The fourth-order valence-electron chi connectivity index (χ4n) is 2.34. The van der Waals surface area contributed by atoms with Crippen molar-refractivity contribution in [1.82, 2.24) is 4.72 Å². The quantitative estimate of drug-likeness (QED) is 0.757. The number of amides is 1. The van der Waals surface area contributed by atoms with Crippen molar-refractivity contribution in [2.24, 2.45) is 0 Å². The minimum atomic E-state index is -4.49. The third kappa shape index (κ3) is 5.23. The molecule has 152 valence electrons. The number of methoxy groups -OCH3 is 1. The summed E-state index contributed by atoms with van der Waals surface area (Å²) in [6.07, 6.45) is -4.49. The maximum Gasteiger partial charge on any atom is 0.416 e. The van der Waals surface area contributed by atoms with Crippen molar-refractivity contribution in [3.05, 3.63) is 53.6 Å². The van der Waals surface area contributed by atoms with Gasteiger partial charge in [0.05, 0.1) is 18.7 Å². The Bertz CT molecular complexity index is 958. The van der Waals surface area contributed by atoms with Crippen LogP contribution in [0.1, 0.15) is 18.1 Å². The molecule has 0 unspecified atom stereocenters. The van der Waals surface area contributed by atoms with E-state index in [9.17, 15) is 26.4 Å². The molecule has 0 spiro atoms. The van der Waals surface area contributed by atoms with Crippen LogP contribution in [-0.2, 0) is 21.0 Å². The van der Waals surface area contributed by atoms with E-state index in [1.807, 2.05) is 0 Å². The van der Waals surface area contributed by atoms with Crippen LogP contribution in [-0.4, -0.2) is 27.5 Å². The molecule has 0 radical (unpaired) electrons. The van der Waals surface area contributed by atoms with Crippen molar-refractivity contribution in [3.63, 3.8) is 0 Å². The van der Waals surface area contributed by atoms with Gasteiger partial charge in [0.15, 0.2) is 0 Å². The van der Waals surface area contributed by atoms with Gasteiger partial charge in [0, 0.05) is 5.69 Å². The molecule has 0 aliphatic heterocycles. The third-order valence-electron chi connectivity index (χ3n) is 3.81. The van der Waals surface area contributed by atoms with E-state index in [-0.39, 0.29) is 16.3 Å². The zero-order chi connectivity index (χ0) is 21.1. The van der Waals surface area contributed by atoms with Crippen LogP contribution in [0, 0.1) is 6.92 Å². The molecule has 0 saturated carbocycles. The minimum absolute atomic E-state index is 0.109. The van der Waals surface area contributed by atoms with Crippen molar-refractivity contribution < 1.29 is 31.1 Å². The molecule has 2 rings (SSSR count). The van der Waals surface area contributed by atoms with Gasteiger partial charge in [0.2, 0.25) is 15.9 Å². The second kappa shape index (κ2) is 8.19. The summed E-state index contributed by atoms with van der Waals surface area (Å²) in [5.74, 6) is -0.608. The molecule has 2 aromatic carbocycles. The number of ether oxygens (including phenoxy) is 1. The average molecular weight is 416 g/mol. The lowest BCUT2D eigenvalue weighted by atomic mass is 10.2. The molecule has 0 aliphatic rings. The van der Waals surface area contributed by atoms with Crippen LogP contribution in [0.3, 0.4) is 0 Å². The average Bonchev–Trinajstić information content (AvgIpc) is 2.61. The highest BCUT2D eigenvalue weighted by molar-refractivity contribution is 7.89. The Morgan fingerprint density at radius 3 is 2.25 bits per heavy atom. The zero-order valence-electron chi connectivity index (χ0n) is 15.3. The zero-order valence-corrected chi connectivity index (χ0v) is 16.1. The van der Waals surface area contributed by atoms with Crippen molar-refractivity contribution in [3.8, 4) is 5.75 Å². The number of alkyl halides is 3. The summed E-state index contributed by atoms with van der Waals surface area (Å²) >= 11 is 0. The Labute approximate surface area is 160 Å². The lowest BCUT2D eigenvalue weighted by molar-refractivity contribution is -0.137. The molecule has 0 heterocycles. The van der Waals surface area contributed by atoms with Crippen LogP contribution in [0.15, 0.2) is 47.4 Å². The van der Waals surface area contributed by atoms with Gasteiger partial charge in [-0.1, -0.05) is 6.07 Å². The number of sulfonamides is 1. The van der Waals surface area contributed by atoms with Crippen molar-refractivity contribution >= 4 is 21.6 Å². The molecular formula is C18H19F3N2O4S. The second-order valence-electron chi connectivity index (χ2n) is 6.06. The first-order valence-corrected chi connectivity index (χ1v) is 9.57. The monoisotopic (exact) mass is 416 g/mol. The summed E-state index contributed by atoms with van der Waals surface area (Å²) in [4.78, 5) is 12.1. The number of carbonyl (C=O) groups excluding carboxylic acids is 1. The van der Waals surface area contributed by atoms with Gasteiger partial charge in [-0.05, 0) is 55.8 Å². The molecule has 2 aromatic rings. The smallest absolute Gasteiger partial charge is 0.416 e. The molecule has 0 aliphatic carbocycles. The van der Waals surface area contributed by atoms with Gasteiger partial charge in [-0.2, -0.15) is 17.9 Å².